The molecule has 0 fully saturated rings. The third-order valence-corrected chi connectivity index (χ3v) is 31.6. The Bertz CT molecular complexity index is 4240. The molecule has 0 spiro atoms. The minimum atomic E-state index is -0.415. The van der Waals surface area contributed by atoms with Crippen molar-refractivity contribution in [3.05, 3.63) is 169 Å². The number of fused-ring (bicyclic) bond motifs is 2. The Hall–Kier alpha value is -4.90. The summed E-state index contributed by atoms with van der Waals surface area (Å²) in [5.41, 5.74) is 3.85. The Kier molecular flexibility index (Phi) is 34.2. The summed E-state index contributed by atoms with van der Waals surface area (Å²) in [6, 6.07) is 30.6. The molecule has 10 aromatic heterocycles. The van der Waals surface area contributed by atoms with Gasteiger partial charge < -0.3 is 0 Å². The van der Waals surface area contributed by atoms with Gasteiger partial charge in [-0.15, -0.1) is 90.7 Å². The lowest BCUT2D eigenvalue weighted by Crippen LogP contribution is -2.26. The maximum atomic E-state index is 14.7. The van der Waals surface area contributed by atoms with Crippen LogP contribution in [0.15, 0.2) is 115 Å². The second-order valence-electron chi connectivity index (χ2n) is 30.4. The molecule has 0 aliphatic rings. The van der Waals surface area contributed by atoms with E-state index >= 15 is 0 Å². The summed E-state index contributed by atoms with van der Waals surface area (Å²) >= 11 is 14.6. The zero-order valence-electron chi connectivity index (χ0n) is 64.6. The van der Waals surface area contributed by atoms with Gasteiger partial charge in [-0.05, 0) is 169 Å². The van der Waals surface area contributed by atoms with Crippen LogP contribution in [0.25, 0.3) is 80.1 Å². The predicted octanol–water partition coefficient (Wildman–Crippen LogP) is 30.4. The van der Waals surface area contributed by atoms with E-state index in [0.717, 1.165) is 48.3 Å². The maximum absolute atomic E-state index is 14.7. The van der Waals surface area contributed by atoms with Crippen molar-refractivity contribution in [1.29, 1.82) is 0 Å². The molecule has 0 unspecified atom stereocenters. The van der Waals surface area contributed by atoms with Gasteiger partial charge in [0.1, 0.15) is 0 Å². The van der Waals surface area contributed by atoms with E-state index in [9.17, 15) is 19.2 Å². The van der Waals surface area contributed by atoms with E-state index in [0.29, 0.717) is 0 Å². The van der Waals surface area contributed by atoms with Crippen LogP contribution in [0.1, 0.15) is 317 Å². The van der Waals surface area contributed by atoms with Gasteiger partial charge in [-0.2, -0.15) is 0 Å². The van der Waals surface area contributed by atoms with Crippen LogP contribution in [-0.4, -0.2) is 9.13 Å². The highest BCUT2D eigenvalue weighted by molar-refractivity contribution is 7.29. The van der Waals surface area contributed by atoms with Crippen LogP contribution in [0.3, 0.4) is 0 Å². The highest BCUT2D eigenvalue weighted by Gasteiger charge is 2.24. The van der Waals surface area contributed by atoms with Crippen molar-refractivity contribution in [1.82, 2.24) is 9.13 Å². The first-order valence-corrected chi connectivity index (χ1v) is 48.5. The number of unbranched alkanes of at least 4 members (excludes halogenated alkanes) is 36. The molecule has 11 rings (SSSR count). The molecule has 0 aliphatic carbocycles. The van der Waals surface area contributed by atoms with Crippen LogP contribution in [0.4, 0.5) is 0 Å². The van der Waals surface area contributed by atoms with Gasteiger partial charge in [0.2, 0.25) is 0 Å². The van der Waals surface area contributed by atoms with Crippen molar-refractivity contribution in [2.24, 2.45) is 0 Å². The van der Waals surface area contributed by atoms with Gasteiger partial charge in [-0.3, -0.25) is 28.3 Å². The van der Waals surface area contributed by atoms with Crippen molar-refractivity contribution in [3.63, 3.8) is 0 Å². The Labute approximate surface area is 666 Å². The summed E-state index contributed by atoms with van der Waals surface area (Å²) in [5, 5.41) is 5.33. The van der Waals surface area contributed by atoms with Crippen LogP contribution in [-0.2, 0) is 38.8 Å². The van der Waals surface area contributed by atoms with E-state index in [1.807, 2.05) is 68.0 Å². The monoisotopic (exact) mass is 1570 g/mol. The second-order valence-corrected chi connectivity index (χ2v) is 38.8. The number of aromatic nitrogens is 2. The molecule has 0 saturated heterocycles. The summed E-state index contributed by atoms with van der Waals surface area (Å²) in [4.78, 5) is 76.0. The molecule has 0 bridgehead atoms. The summed E-state index contributed by atoms with van der Waals surface area (Å²) in [6.45, 7) is 9.40. The molecule has 6 nitrogen and oxygen atoms in total. The fraction of sp³-hybridized carbons (Fsp3) is 0.543. The lowest BCUT2D eigenvalue weighted by molar-refractivity contribution is 0.556. The number of hydrogen-bond acceptors (Lipinski definition) is 12. The molecule has 10 heterocycles. The van der Waals surface area contributed by atoms with Gasteiger partial charge in [-0.25, -0.2) is 0 Å². The van der Waals surface area contributed by atoms with Gasteiger partial charge in [-0.1, -0.05) is 259 Å². The van der Waals surface area contributed by atoms with Gasteiger partial charge in [0, 0.05) is 68.3 Å². The van der Waals surface area contributed by atoms with Crippen LogP contribution in [0.2, 0.25) is 0 Å². The summed E-state index contributed by atoms with van der Waals surface area (Å²) in [7, 11) is 0. The number of benzene rings is 1. The van der Waals surface area contributed by atoms with Gasteiger partial charge in [0.15, 0.2) is 0 Å². The first-order valence-electron chi connectivity index (χ1n) is 41.8. The first kappa shape index (κ1) is 82.1. The molecule has 0 saturated carbocycles. The first-order chi connectivity index (χ1) is 52.1. The van der Waals surface area contributed by atoms with E-state index in [2.05, 4.69) is 111 Å². The van der Waals surface area contributed by atoms with Gasteiger partial charge >= 0.3 is 0 Å². The van der Waals surface area contributed by atoms with E-state index in [1.54, 1.807) is 34.8 Å². The minimum absolute atomic E-state index is 0.132. The third-order valence-electron chi connectivity index (χ3n) is 21.9. The lowest BCUT2D eigenvalue weighted by Gasteiger charge is -2.04. The Balaban J connectivity index is 0.781. The number of rotatable bonds is 54. The average Bonchev–Trinajstić information content (AvgIpc) is 1.58. The molecular weight excluding hydrogens is 1450 g/mol. The molecule has 14 heteroatoms. The van der Waals surface area contributed by atoms with Crippen molar-refractivity contribution in [2.45, 2.75) is 323 Å². The van der Waals surface area contributed by atoms with Crippen LogP contribution >= 0.6 is 90.7 Å². The molecule has 0 amide bonds. The Morgan fingerprint density at radius 1 is 0.236 bits per heavy atom. The van der Waals surface area contributed by atoms with Crippen LogP contribution in [0.5, 0.6) is 0 Å². The van der Waals surface area contributed by atoms with Crippen molar-refractivity contribution < 1.29 is 0 Å². The maximum Gasteiger partial charge on any atom is 0.261 e. The molecule has 0 aliphatic heterocycles. The Morgan fingerprint density at radius 2 is 0.462 bits per heavy atom. The SMILES string of the molecule is CCCCCCCCCCCCc1ccsc1-c1ccc(-c2ccc(-c3sc(Cn4c(=O)c5cc6c(=O)n(Cc7cc(CCCCCCCCCCCC)c(-c8ccc(-c9ccc(-c%10sccc%10CCCCCCCCCCCC)s9)s8)s7)c(=O)c6cc5c4=O)cc3CCCCCCCCCCCC)s2)s1. The molecule has 1 aromatic carbocycles. The zero-order valence-corrected chi connectivity index (χ0v) is 71.1. The molecule has 0 N–H and O–H groups in total. The van der Waals surface area contributed by atoms with Crippen molar-refractivity contribution >= 4 is 112 Å². The zero-order chi connectivity index (χ0) is 73.7. The topological polar surface area (TPSA) is 78.1 Å². The fourth-order valence-electron chi connectivity index (χ4n) is 15.7. The lowest BCUT2D eigenvalue weighted by atomic mass is 10.0. The van der Waals surface area contributed by atoms with E-state index < -0.39 is 22.2 Å². The summed E-state index contributed by atoms with van der Waals surface area (Å²) < 4.78 is 2.68. The molecule has 570 valence electrons. The van der Waals surface area contributed by atoms with Crippen LogP contribution < -0.4 is 22.2 Å². The Morgan fingerprint density at radius 3 is 0.726 bits per heavy atom. The minimum Gasteiger partial charge on any atom is -0.269 e. The molecule has 0 atom stereocenters. The standard InChI is InChI=1S/C92H120N2O4S8/c1-5-9-13-17-21-25-29-33-37-41-45-67-57-59-99-85(67)81-53-49-77(103-81)79-51-55-83(105-79)87-69(47-43-39-35-31-27-23-19-15-11-7-3)61-71(101-87)65-93-89(95)73-63-75-76(64-74(73)90(93)96)92(98)94(91(75)97)66-72-62-70(48-44-40-36-32-28-24-20-16-12-8-4)88(102-72)84-56-52-80(106-84)78-50-54-82(104-78)86-68(58-60-100-86)46-42-38-34-30-26-22-18-14-10-6-2/h49-64H,5-48,65-66H2,1-4H3. The average molecular weight is 1570 g/mol. The second kappa shape index (κ2) is 44.2. The van der Waals surface area contributed by atoms with E-state index in [1.165, 1.54) is 334 Å². The predicted molar refractivity (Wildman–Crippen MR) is 474 cm³/mol. The third kappa shape index (κ3) is 23.1. The molecule has 106 heavy (non-hydrogen) atoms. The fourth-order valence-corrected chi connectivity index (χ4v) is 24.8. The van der Waals surface area contributed by atoms with Crippen molar-refractivity contribution in [2.75, 3.05) is 0 Å². The van der Waals surface area contributed by atoms with Gasteiger partial charge in [0.05, 0.1) is 34.6 Å². The number of hydrogen-bond donors (Lipinski definition) is 0. The number of aryl methyl sites for hydroxylation is 4. The molecule has 0 radical (unpaired) electrons. The summed E-state index contributed by atoms with van der Waals surface area (Å²) in [5.74, 6) is 0. The molecule has 11 aromatic rings. The van der Waals surface area contributed by atoms with Crippen molar-refractivity contribution in [3.8, 4) is 58.5 Å². The normalized spacial score (nSPS) is 12.0. The smallest absolute Gasteiger partial charge is 0.261 e. The highest BCUT2D eigenvalue weighted by Crippen LogP contribution is 2.48. The molecular formula is C92H120N2O4S8. The summed E-state index contributed by atoms with van der Waals surface area (Å²) in [6.07, 6.45) is 56.5. The highest BCUT2D eigenvalue weighted by atomic mass is 32.1. The quantitative estimate of drug-likeness (QED) is 0.0356. The number of thiophene rings is 8. The van der Waals surface area contributed by atoms with Gasteiger partial charge in [0.25, 0.3) is 22.2 Å². The largest absolute Gasteiger partial charge is 0.269 e. The number of nitrogens with zero attached hydrogens (tertiary/aromatic N) is 2. The van der Waals surface area contributed by atoms with E-state index in [4.69, 9.17) is 0 Å². The van der Waals surface area contributed by atoms with E-state index in [-0.39, 0.29) is 34.6 Å². The van der Waals surface area contributed by atoms with Crippen LogP contribution in [0, 0.1) is 0 Å².